The predicted octanol–water partition coefficient (Wildman–Crippen LogP) is 6.06. The largest absolute Gasteiger partial charge is 0.322 e. The number of nitrogens with one attached hydrogen (secondary N) is 2. The Morgan fingerprint density at radius 3 is 2.31 bits per heavy atom. The Morgan fingerprint density at radius 2 is 1.69 bits per heavy atom. The molecule has 7 heteroatoms. The van der Waals surface area contributed by atoms with Crippen molar-refractivity contribution in [1.29, 1.82) is 0 Å². The van der Waals surface area contributed by atoms with Gasteiger partial charge in [0.15, 0.2) is 0 Å². The second-order valence-corrected chi connectivity index (χ2v) is 9.98. The maximum Gasteiger partial charge on any atom is 0.322 e. The van der Waals surface area contributed by atoms with E-state index in [-0.39, 0.29) is 23.9 Å². The van der Waals surface area contributed by atoms with Gasteiger partial charge < -0.3 is 15.5 Å². The summed E-state index contributed by atoms with van der Waals surface area (Å²) < 4.78 is 1.77. The molecule has 0 unspecified atom stereocenters. The first-order valence-electron chi connectivity index (χ1n) is 12.2. The maximum atomic E-state index is 13.1. The second kappa shape index (κ2) is 11.2. The average Bonchev–Trinajstić information content (AvgIpc) is 3.22. The highest BCUT2D eigenvalue weighted by atomic mass is 16.2. The van der Waals surface area contributed by atoms with Crippen molar-refractivity contribution in [2.45, 2.75) is 59.8 Å². The van der Waals surface area contributed by atoms with E-state index < -0.39 is 0 Å². The molecule has 1 heterocycles. The molecule has 0 radical (unpaired) electrons. The summed E-state index contributed by atoms with van der Waals surface area (Å²) in [4.78, 5) is 27.7. The molecule has 0 saturated heterocycles. The summed E-state index contributed by atoms with van der Waals surface area (Å²) >= 11 is 0. The van der Waals surface area contributed by atoms with E-state index in [4.69, 9.17) is 5.10 Å². The molecule has 35 heavy (non-hydrogen) atoms. The van der Waals surface area contributed by atoms with Crippen LogP contribution in [0.5, 0.6) is 0 Å². The van der Waals surface area contributed by atoms with Crippen molar-refractivity contribution in [1.82, 2.24) is 14.7 Å². The van der Waals surface area contributed by atoms with Crippen molar-refractivity contribution in [3.63, 3.8) is 0 Å². The Balaban J connectivity index is 1.81. The number of carbonyl (C=O) groups is 2. The topological polar surface area (TPSA) is 79.3 Å². The van der Waals surface area contributed by atoms with Gasteiger partial charge in [-0.15, -0.1) is 0 Å². The number of amides is 3. The summed E-state index contributed by atoms with van der Waals surface area (Å²) in [7, 11) is 0. The number of carbonyl (C=O) groups excluding carboxylic acids is 2. The van der Waals surface area contributed by atoms with Crippen LogP contribution < -0.4 is 10.6 Å². The molecule has 3 amide bonds. The van der Waals surface area contributed by atoms with Crippen LogP contribution in [0.2, 0.25) is 0 Å². The fraction of sp³-hybridized carbons (Fsp3) is 0.393. The van der Waals surface area contributed by atoms with Gasteiger partial charge in [-0.25, -0.2) is 9.48 Å². The van der Waals surface area contributed by atoms with Gasteiger partial charge in [0, 0.05) is 23.7 Å². The summed E-state index contributed by atoms with van der Waals surface area (Å²) in [6.45, 7) is 12.8. The molecule has 0 fully saturated rings. The van der Waals surface area contributed by atoms with E-state index in [0.29, 0.717) is 18.1 Å². The Kier molecular flexibility index (Phi) is 8.33. The van der Waals surface area contributed by atoms with Crippen molar-refractivity contribution in [2.24, 2.45) is 0 Å². The molecule has 2 N–H and O–H groups in total. The zero-order valence-corrected chi connectivity index (χ0v) is 21.7. The average molecular weight is 476 g/mol. The quantitative estimate of drug-likeness (QED) is 0.416. The Bertz CT molecular complexity index is 1160. The summed E-state index contributed by atoms with van der Waals surface area (Å²) in [5, 5.41) is 10.7. The fourth-order valence-corrected chi connectivity index (χ4v) is 3.62. The molecule has 0 aliphatic heterocycles. The molecule has 0 spiro atoms. The molecule has 3 rings (SSSR count). The number of anilines is 2. The zero-order chi connectivity index (χ0) is 25.6. The van der Waals surface area contributed by atoms with E-state index in [2.05, 4.69) is 38.3 Å². The van der Waals surface area contributed by atoms with Crippen molar-refractivity contribution >= 4 is 23.4 Å². The lowest BCUT2D eigenvalue weighted by Gasteiger charge is -2.22. The number of hydrogen-bond acceptors (Lipinski definition) is 3. The molecular formula is C28H37N5O2. The molecular weight excluding hydrogens is 438 g/mol. The molecule has 1 aromatic heterocycles. The summed E-state index contributed by atoms with van der Waals surface area (Å²) in [5.74, 6) is 0.318. The lowest BCUT2D eigenvalue weighted by Crippen LogP contribution is -2.41. The van der Waals surface area contributed by atoms with Crippen LogP contribution in [0.3, 0.4) is 0 Å². The summed E-state index contributed by atoms with van der Waals surface area (Å²) in [6.07, 6.45) is 1.73. The van der Waals surface area contributed by atoms with Gasteiger partial charge >= 0.3 is 6.03 Å². The lowest BCUT2D eigenvalue weighted by molar-refractivity contribution is -0.116. The maximum absolute atomic E-state index is 13.1. The van der Waals surface area contributed by atoms with Crippen LogP contribution >= 0.6 is 0 Å². The normalized spacial score (nSPS) is 11.3. The van der Waals surface area contributed by atoms with Gasteiger partial charge in [0.1, 0.15) is 12.4 Å². The highest BCUT2D eigenvalue weighted by molar-refractivity contribution is 5.96. The van der Waals surface area contributed by atoms with Crippen LogP contribution in [0.15, 0.2) is 54.6 Å². The Hall–Kier alpha value is -3.61. The van der Waals surface area contributed by atoms with Crippen molar-refractivity contribution in [2.75, 3.05) is 23.7 Å². The lowest BCUT2D eigenvalue weighted by atomic mass is 9.92. The molecule has 3 aromatic rings. The monoisotopic (exact) mass is 475 g/mol. The molecule has 0 bridgehead atoms. The van der Waals surface area contributed by atoms with Crippen LogP contribution in [0.25, 0.3) is 5.69 Å². The van der Waals surface area contributed by atoms with Gasteiger partial charge in [-0.3, -0.25) is 4.79 Å². The standard InChI is InChI=1S/C28H37N5O2/c1-7-8-17-32(27(35)29-22-15-13-20(2)14-16-22)19-26(34)30-25-18-24(28(4,5)6)31-33(25)23-12-10-9-11-21(23)3/h9-16,18H,7-8,17,19H2,1-6H3,(H,29,35)(H,30,34). The van der Waals surface area contributed by atoms with Crippen molar-refractivity contribution < 1.29 is 9.59 Å². The first kappa shape index (κ1) is 26.0. The van der Waals surface area contributed by atoms with Crippen molar-refractivity contribution in [3.8, 4) is 5.69 Å². The van der Waals surface area contributed by atoms with Crippen LogP contribution in [0.4, 0.5) is 16.3 Å². The van der Waals surface area contributed by atoms with Gasteiger partial charge in [-0.05, 0) is 44.0 Å². The molecule has 0 atom stereocenters. The second-order valence-electron chi connectivity index (χ2n) is 9.98. The number of unbranched alkanes of at least 4 members (excludes halogenated alkanes) is 1. The molecule has 186 valence electrons. The fourth-order valence-electron chi connectivity index (χ4n) is 3.62. The van der Waals surface area contributed by atoms with E-state index >= 15 is 0 Å². The van der Waals surface area contributed by atoms with E-state index in [0.717, 1.165) is 35.3 Å². The van der Waals surface area contributed by atoms with E-state index in [9.17, 15) is 9.59 Å². The molecule has 0 saturated carbocycles. The number of rotatable bonds is 8. The van der Waals surface area contributed by atoms with Crippen LogP contribution in [0.1, 0.15) is 57.4 Å². The predicted molar refractivity (Wildman–Crippen MR) is 142 cm³/mol. The van der Waals surface area contributed by atoms with Gasteiger partial charge in [0.2, 0.25) is 5.91 Å². The number of aromatic nitrogens is 2. The number of urea groups is 1. The van der Waals surface area contributed by atoms with E-state index in [1.807, 2.05) is 68.4 Å². The highest BCUT2D eigenvalue weighted by Crippen LogP contribution is 2.27. The third-order valence-electron chi connectivity index (χ3n) is 5.80. The number of aryl methyl sites for hydroxylation is 2. The highest BCUT2D eigenvalue weighted by Gasteiger charge is 2.23. The number of hydrogen-bond donors (Lipinski definition) is 2. The minimum Gasteiger partial charge on any atom is -0.315 e. The van der Waals surface area contributed by atoms with Crippen LogP contribution in [0, 0.1) is 13.8 Å². The molecule has 7 nitrogen and oxygen atoms in total. The summed E-state index contributed by atoms with van der Waals surface area (Å²) in [5.41, 5.74) is 4.46. The minimum absolute atomic E-state index is 0.0541. The summed E-state index contributed by atoms with van der Waals surface area (Å²) in [6, 6.07) is 17.1. The first-order chi connectivity index (χ1) is 16.6. The van der Waals surface area contributed by atoms with Crippen LogP contribution in [-0.2, 0) is 10.2 Å². The van der Waals surface area contributed by atoms with Gasteiger partial charge in [0.05, 0.1) is 11.4 Å². The van der Waals surface area contributed by atoms with Crippen molar-refractivity contribution in [3.05, 3.63) is 71.4 Å². The third-order valence-corrected chi connectivity index (χ3v) is 5.80. The van der Waals surface area contributed by atoms with Gasteiger partial charge in [-0.1, -0.05) is 70.0 Å². The zero-order valence-electron chi connectivity index (χ0n) is 21.7. The SMILES string of the molecule is CCCCN(CC(=O)Nc1cc(C(C)(C)C)nn1-c1ccccc1C)C(=O)Nc1ccc(C)cc1. The smallest absolute Gasteiger partial charge is 0.315 e. The van der Waals surface area contributed by atoms with Gasteiger partial charge in [-0.2, -0.15) is 5.10 Å². The minimum atomic E-state index is -0.291. The third kappa shape index (κ3) is 6.94. The number of para-hydroxylation sites is 1. The molecule has 0 aliphatic carbocycles. The first-order valence-corrected chi connectivity index (χ1v) is 12.2. The van der Waals surface area contributed by atoms with Crippen LogP contribution in [-0.4, -0.2) is 39.7 Å². The number of benzene rings is 2. The number of nitrogens with zero attached hydrogens (tertiary/aromatic N) is 3. The Labute approximate surface area is 208 Å². The van der Waals surface area contributed by atoms with Gasteiger partial charge in [0.25, 0.3) is 0 Å². The Morgan fingerprint density at radius 1 is 1.00 bits per heavy atom. The van der Waals surface area contributed by atoms with E-state index in [1.165, 1.54) is 0 Å². The molecule has 0 aliphatic rings. The molecule has 2 aromatic carbocycles. The van der Waals surface area contributed by atoms with E-state index in [1.54, 1.807) is 9.58 Å².